The van der Waals surface area contributed by atoms with E-state index in [-0.39, 0.29) is 18.5 Å². The number of fused-ring (bicyclic) bond motifs is 1. The Morgan fingerprint density at radius 3 is 2.69 bits per heavy atom. The Bertz CT molecular complexity index is 236. The van der Waals surface area contributed by atoms with Gasteiger partial charge >= 0.3 is 0 Å². The van der Waals surface area contributed by atoms with Crippen LogP contribution < -0.4 is 0 Å². The summed E-state index contributed by atoms with van der Waals surface area (Å²) >= 11 is 0. The SMILES string of the molecule is C=C1OC(OC)C2OC(C)(C)O[C@@H]12. The highest BCUT2D eigenvalue weighted by Crippen LogP contribution is 2.39. The number of methoxy groups -OCH3 is 1. The molecule has 0 aromatic rings. The van der Waals surface area contributed by atoms with Crippen molar-refractivity contribution in [3.05, 3.63) is 12.3 Å². The van der Waals surface area contributed by atoms with E-state index in [9.17, 15) is 0 Å². The molecule has 74 valence electrons. The lowest BCUT2D eigenvalue weighted by Gasteiger charge is -2.21. The fourth-order valence-electron chi connectivity index (χ4n) is 1.70. The Morgan fingerprint density at radius 1 is 1.38 bits per heavy atom. The summed E-state index contributed by atoms with van der Waals surface area (Å²) in [6, 6.07) is 0. The Labute approximate surface area is 77.4 Å². The molecule has 4 heteroatoms. The largest absolute Gasteiger partial charge is 0.464 e. The van der Waals surface area contributed by atoms with Crippen molar-refractivity contribution < 1.29 is 18.9 Å². The quantitative estimate of drug-likeness (QED) is 0.612. The molecule has 2 unspecified atom stereocenters. The third kappa shape index (κ3) is 1.35. The van der Waals surface area contributed by atoms with Gasteiger partial charge < -0.3 is 18.9 Å². The highest BCUT2D eigenvalue weighted by molar-refractivity contribution is 5.08. The van der Waals surface area contributed by atoms with Crippen molar-refractivity contribution in [1.82, 2.24) is 0 Å². The van der Waals surface area contributed by atoms with Crippen LogP contribution in [0.4, 0.5) is 0 Å². The van der Waals surface area contributed by atoms with E-state index in [4.69, 9.17) is 18.9 Å². The maximum atomic E-state index is 5.61. The van der Waals surface area contributed by atoms with Gasteiger partial charge in [-0.3, -0.25) is 0 Å². The Kier molecular flexibility index (Phi) is 1.87. The number of ether oxygens (including phenoxy) is 4. The summed E-state index contributed by atoms with van der Waals surface area (Å²) < 4.78 is 21.6. The lowest BCUT2D eigenvalue weighted by atomic mass is 10.2. The summed E-state index contributed by atoms with van der Waals surface area (Å²) in [6.07, 6.45) is -0.772. The van der Waals surface area contributed by atoms with Crippen LogP contribution in [0, 0.1) is 0 Å². The second-order valence-electron chi connectivity index (χ2n) is 3.71. The second-order valence-corrected chi connectivity index (χ2v) is 3.71. The number of hydrogen-bond donors (Lipinski definition) is 0. The molecule has 0 aromatic heterocycles. The third-order valence-corrected chi connectivity index (χ3v) is 2.21. The van der Waals surface area contributed by atoms with Crippen molar-refractivity contribution in [3.8, 4) is 0 Å². The van der Waals surface area contributed by atoms with Gasteiger partial charge in [-0.15, -0.1) is 0 Å². The van der Waals surface area contributed by atoms with Gasteiger partial charge in [0.25, 0.3) is 0 Å². The van der Waals surface area contributed by atoms with E-state index >= 15 is 0 Å². The fraction of sp³-hybridized carbons (Fsp3) is 0.778. The summed E-state index contributed by atoms with van der Waals surface area (Å²) in [5, 5.41) is 0. The first-order valence-electron chi connectivity index (χ1n) is 4.27. The standard InChI is InChI=1S/C9H14O4/c1-5-6-7(8(10-4)11-5)13-9(2,3)12-6/h6-8H,1H2,2-4H3/t6-,7?,8?/m0/s1. The summed E-state index contributed by atoms with van der Waals surface area (Å²) in [5.74, 6) is 0.0150. The molecule has 2 fully saturated rings. The highest BCUT2D eigenvalue weighted by atomic mass is 16.8. The Balaban J connectivity index is 2.17. The van der Waals surface area contributed by atoms with E-state index in [0.29, 0.717) is 5.76 Å². The van der Waals surface area contributed by atoms with E-state index in [1.54, 1.807) is 7.11 Å². The Hall–Kier alpha value is -0.580. The van der Waals surface area contributed by atoms with Gasteiger partial charge in [0.2, 0.25) is 6.29 Å². The molecule has 0 bridgehead atoms. The molecule has 13 heavy (non-hydrogen) atoms. The van der Waals surface area contributed by atoms with Gasteiger partial charge in [0.05, 0.1) is 0 Å². The zero-order valence-electron chi connectivity index (χ0n) is 8.07. The predicted molar refractivity (Wildman–Crippen MR) is 44.8 cm³/mol. The first-order chi connectivity index (χ1) is 6.03. The molecular weight excluding hydrogens is 172 g/mol. The van der Waals surface area contributed by atoms with Gasteiger partial charge in [-0.25, -0.2) is 0 Å². The van der Waals surface area contributed by atoms with Crippen LogP contribution in [0.3, 0.4) is 0 Å². The minimum absolute atomic E-state index is 0.188. The van der Waals surface area contributed by atoms with Crippen molar-refractivity contribution in [2.45, 2.75) is 38.1 Å². The minimum Gasteiger partial charge on any atom is -0.464 e. The van der Waals surface area contributed by atoms with Crippen LogP contribution in [0.5, 0.6) is 0 Å². The lowest BCUT2D eigenvalue weighted by molar-refractivity contribution is -0.201. The molecule has 0 aromatic carbocycles. The van der Waals surface area contributed by atoms with Crippen molar-refractivity contribution in [2.24, 2.45) is 0 Å². The van der Waals surface area contributed by atoms with Crippen LogP contribution >= 0.6 is 0 Å². The van der Waals surface area contributed by atoms with E-state index in [1.165, 1.54) is 0 Å². The molecule has 4 nitrogen and oxygen atoms in total. The van der Waals surface area contributed by atoms with Crippen LogP contribution in [0.2, 0.25) is 0 Å². The second kappa shape index (κ2) is 2.70. The van der Waals surface area contributed by atoms with Gasteiger partial charge in [-0.1, -0.05) is 6.58 Å². The molecule has 0 aliphatic carbocycles. The van der Waals surface area contributed by atoms with Gasteiger partial charge in [-0.2, -0.15) is 0 Å². The van der Waals surface area contributed by atoms with Crippen LogP contribution in [-0.2, 0) is 18.9 Å². The molecule has 3 atom stereocenters. The van der Waals surface area contributed by atoms with E-state index in [1.807, 2.05) is 13.8 Å². The predicted octanol–water partition coefficient (Wildman–Crippen LogP) is 1.02. The third-order valence-electron chi connectivity index (χ3n) is 2.21. The molecule has 0 spiro atoms. The first kappa shape index (κ1) is 8.99. The number of rotatable bonds is 1. The van der Waals surface area contributed by atoms with Crippen molar-refractivity contribution in [3.63, 3.8) is 0 Å². The topological polar surface area (TPSA) is 36.9 Å². The molecule has 2 saturated heterocycles. The Morgan fingerprint density at radius 2 is 2.08 bits per heavy atom. The minimum atomic E-state index is -0.571. The fourth-order valence-corrected chi connectivity index (χ4v) is 1.70. The lowest BCUT2D eigenvalue weighted by Crippen LogP contribution is -2.30. The highest BCUT2D eigenvalue weighted by Gasteiger charge is 2.53. The zero-order valence-corrected chi connectivity index (χ0v) is 8.07. The maximum Gasteiger partial charge on any atom is 0.228 e. The maximum absolute atomic E-state index is 5.61. The van der Waals surface area contributed by atoms with Crippen LogP contribution in [0.15, 0.2) is 12.3 Å². The molecule has 0 amide bonds. The van der Waals surface area contributed by atoms with Crippen molar-refractivity contribution in [2.75, 3.05) is 7.11 Å². The average Bonchev–Trinajstić information content (AvgIpc) is 2.47. The van der Waals surface area contributed by atoms with Gasteiger partial charge in [-0.05, 0) is 13.8 Å². The van der Waals surface area contributed by atoms with Crippen molar-refractivity contribution >= 4 is 0 Å². The zero-order chi connectivity index (χ0) is 9.64. The average molecular weight is 186 g/mol. The van der Waals surface area contributed by atoms with Gasteiger partial charge in [0.1, 0.15) is 11.9 Å². The first-order valence-corrected chi connectivity index (χ1v) is 4.27. The molecule has 0 radical (unpaired) electrons. The molecule has 2 aliphatic rings. The molecule has 2 heterocycles. The van der Waals surface area contributed by atoms with Crippen molar-refractivity contribution in [1.29, 1.82) is 0 Å². The van der Waals surface area contributed by atoms with Gasteiger partial charge in [0.15, 0.2) is 11.9 Å². The summed E-state index contributed by atoms with van der Waals surface area (Å²) in [7, 11) is 1.58. The molecule has 2 aliphatic heterocycles. The summed E-state index contributed by atoms with van der Waals surface area (Å²) in [6.45, 7) is 7.49. The van der Waals surface area contributed by atoms with Crippen LogP contribution in [0.1, 0.15) is 13.8 Å². The van der Waals surface area contributed by atoms with E-state index in [0.717, 1.165) is 0 Å². The monoisotopic (exact) mass is 186 g/mol. The number of hydrogen-bond acceptors (Lipinski definition) is 4. The molecule has 0 N–H and O–H groups in total. The van der Waals surface area contributed by atoms with E-state index < -0.39 is 5.79 Å². The molecule has 2 rings (SSSR count). The smallest absolute Gasteiger partial charge is 0.228 e. The summed E-state index contributed by atoms with van der Waals surface area (Å²) in [4.78, 5) is 0. The summed E-state index contributed by atoms with van der Waals surface area (Å²) in [5.41, 5.74) is 0. The van der Waals surface area contributed by atoms with Gasteiger partial charge in [0, 0.05) is 7.11 Å². The normalized spacial score (nSPS) is 41.8. The molecular formula is C9H14O4. The van der Waals surface area contributed by atoms with Crippen LogP contribution in [0.25, 0.3) is 0 Å². The molecule has 0 saturated carbocycles. The van der Waals surface area contributed by atoms with Crippen LogP contribution in [-0.4, -0.2) is 31.4 Å². The van der Waals surface area contributed by atoms with E-state index in [2.05, 4.69) is 6.58 Å².